The number of hydrogen-bond donors (Lipinski definition) is 1. The zero-order valence-electron chi connectivity index (χ0n) is 11.5. The molecule has 1 N–H and O–H groups in total. The summed E-state index contributed by atoms with van der Waals surface area (Å²) in [5.74, 6) is 0. The van der Waals surface area contributed by atoms with Crippen LogP contribution in [0.2, 0.25) is 0 Å². The number of ether oxygens (including phenoxy) is 2. The molecule has 18 heavy (non-hydrogen) atoms. The summed E-state index contributed by atoms with van der Waals surface area (Å²) in [4.78, 5) is 11.1. The Morgan fingerprint density at radius 2 is 1.78 bits per heavy atom. The molecule has 0 aromatic heterocycles. The lowest BCUT2D eigenvalue weighted by Crippen LogP contribution is -2.25. The predicted molar refractivity (Wildman–Crippen MR) is 73.6 cm³/mol. The lowest BCUT2D eigenvalue weighted by molar-refractivity contribution is 0.0793. The summed E-state index contributed by atoms with van der Waals surface area (Å²) in [6, 6.07) is 0. The molecule has 0 aromatic rings. The van der Waals surface area contributed by atoms with Gasteiger partial charge in [-0.05, 0) is 26.2 Å². The van der Waals surface area contributed by atoms with Crippen molar-refractivity contribution in [2.24, 2.45) is 0 Å². The smallest absolute Gasteiger partial charge is 0.407 e. The highest BCUT2D eigenvalue weighted by Crippen LogP contribution is 1.93. The Morgan fingerprint density at radius 1 is 1.06 bits per heavy atom. The van der Waals surface area contributed by atoms with Crippen LogP contribution in [-0.4, -0.2) is 32.5 Å². The van der Waals surface area contributed by atoms with Gasteiger partial charge in [-0.1, -0.05) is 31.2 Å². The third-order valence-electron chi connectivity index (χ3n) is 2.10. The highest BCUT2D eigenvalue weighted by Gasteiger charge is 1.97. The fourth-order valence-electron chi connectivity index (χ4n) is 1.21. The van der Waals surface area contributed by atoms with Gasteiger partial charge in [0.25, 0.3) is 0 Å². The van der Waals surface area contributed by atoms with Crippen molar-refractivity contribution in [3.05, 3.63) is 24.3 Å². The molecule has 0 rings (SSSR count). The fraction of sp³-hybridized carbons (Fsp3) is 0.643. The van der Waals surface area contributed by atoms with E-state index in [4.69, 9.17) is 9.47 Å². The van der Waals surface area contributed by atoms with Crippen LogP contribution in [0, 0.1) is 0 Å². The first kappa shape index (κ1) is 16.7. The molecule has 4 heteroatoms. The maximum atomic E-state index is 11.1. The molecule has 0 spiro atoms. The minimum absolute atomic E-state index is 0.297. The summed E-state index contributed by atoms with van der Waals surface area (Å²) in [6.45, 7) is 5.91. The van der Waals surface area contributed by atoms with E-state index in [-0.39, 0.29) is 0 Å². The van der Waals surface area contributed by atoms with E-state index in [1.807, 2.05) is 13.0 Å². The molecule has 0 aliphatic carbocycles. The van der Waals surface area contributed by atoms with Gasteiger partial charge >= 0.3 is 6.09 Å². The quantitative estimate of drug-likeness (QED) is 0.482. The molecule has 0 unspecified atom stereocenters. The first-order valence-corrected chi connectivity index (χ1v) is 6.59. The van der Waals surface area contributed by atoms with Gasteiger partial charge in [0.05, 0.1) is 6.61 Å². The van der Waals surface area contributed by atoms with Gasteiger partial charge in [0.1, 0.15) is 6.61 Å². The van der Waals surface area contributed by atoms with Gasteiger partial charge in [0, 0.05) is 13.2 Å². The first-order valence-electron chi connectivity index (χ1n) is 6.59. The molecular weight excluding hydrogens is 230 g/mol. The zero-order chi connectivity index (χ0) is 13.5. The van der Waals surface area contributed by atoms with Crippen molar-refractivity contribution in [3.8, 4) is 0 Å². The van der Waals surface area contributed by atoms with E-state index >= 15 is 0 Å². The number of alkyl carbamates (subject to hydrolysis) is 1. The predicted octanol–water partition coefficient (Wildman–Crippen LogP) is 3.05. The van der Waals surface area contributed by atoms with Crippen molar-refractivity contribution in [1.29, 1.82) is 0 Å². The van der Waals surface area contributed by atoms with Gasteiger partial charge in [-0.15, -0.1) is 0 Å². The molecular formula is C14H25NO3. The van der Waals surface area contributed by atoms with Crippen LogP contribution in [0.25, 0.3) is 0 Å². The van der Waals surface area contributed by atoms with Gasteiger partial charge in [0.2, 0.25) is 0 Å². The average Bonchev–Trinajstić information content (AvgIpc) is 2.38. The van der Waals surface area contributed by atoms with Gasteiger partial charge in [-0.25, -0.2) is 4.79 Å². The molecule has 0 fully saturated rings. The molecule has 104 valence electrons. The molecule has 0 atom stereocenters. The third kappa shape index (κ3) is 12.8. The Bertz CT molecular complexity index is 249. The minimum atomic E-state index is -0.398. The monoisotopic (exact) mass is 255 g/mol. The summed E-state index contributed by atoms with van der Waals surface area (Å²) in [5, 5.41) is 2.64. The lowest BCUT2D eigenvalue weighted by atomic mass is 10.2. The van der Waals surface area contributed by atoms with E-state index in [2.05, 4.69) is 30.5 Å². The second-order valence-corrected chi connectivity index (χ2v) is 3.64. The number of carbonyl (C=O) groups excluding carboxylic acids is 1. The zero-order valence-corrected chi connectivity index (χ0v) is 11.5. The maximum absolute atomic E-state index is 11.1. The van der Waals surface area contributed by atoms with Crippen molar-refractivity contribution in [1.82, 2.24) is 5.32 Å². The Morgan fingerprint density at radius 3 is 2.44 bits per heavy atom. The van der Waals surface area contributed by atoms with Gasteiger partial charge < -0.3 is 14.8 Å². The standard InChI is InChI=1S/C14H25NO3/c1-3-5-6-7-8-9-10-11-15-14(16)18-13-12-17-4-2/h5-6,9-10H,3-4,7-8,11-13H2,1-2H3,(H,15,16). The number of allylic oxidation sites excluding steroid dienone is 3. The Kier molecular flexibility index (Phi) is 12.8. The number of nitrogens with one attached hydrogen (secondary N) is 1. The van der Waals surface area contributed by atoms with Crippen LogP contribution < -0.4 is 5.32 Å². The molecule has 0 saturated heterocycles. The summed E-state index contributed by atoms with van der Waals surface area (Å²) in [7, 11) is 0. The Labute approximate surface area is 110 Å². The van der Waals surface area contributed by atoms with Crippen LogP contribution in [0.4, 0.5) is 4.79 Å². The van der Waals surface area contributed by atoms with Crippen LogP contribution in [0.5, 0.6) is 0 Å². The summed E-state index contributed by atoms with van der Waals surface area (Å²) in [5.41, 5.74) is 0. The van der Waals surface area contributed by atoms with Crippen molar-refractivity contribution in [2.45, 2.75) is 33.1 Å². The molecule has 0 aromatic carbocycles. The minimum Gasteiger partial charge on any atom is -0.447 e. The number of rotatable bonds is 10. The largest absolute Gasteiger partial charge is 0.447 e. The van der Waals surface area contributed by atoms with Crippen LogP contribution in [0.1, 0.15) is 33.1 Å². The van der Waals surface area contributed by atoms with Crippen molar-refractivity contribution in [2.75, 3.05) is 26.4 Å². The molecule has 1 amide bonds. The maximum Gasteiger partial charge on any atom is 0.407 e. The summed E-state index contributed by atoms with van der Waals surface area (Å²) in [6.07, 6.45) is 11.0. The third-order valence-corrected chi connectivity index (χ3v) is 2.10. The lowest BCUT2D eigenvalue weighted by Gasteiger charge is -2.04. The van der Waals surface area contributed by atoms with Crippen molar-refractivity contribution >= 4 is 6.09 Å². The average molecular weight is 255 g/mol. The number of amides is 1. The Hall–Kier alpha value is -1.29. The molecule has 0 bridgehead atoms. The van der Waals surface area contributed by atoms with Crippen LogP contribution in [0.3, 0.4) is 0 Å². The van der Waals surface area contributed by atoms with E-state index in [9.17, 15) is 4.79 Å². The molecule has 0 heterocycles. The first-order chi connectivity index (χ1) is 8.81. The number of carbonyl (C=O) groups is 1. The molecule has 0 radical (unpaired) electrons. The molecule has 0 aliphatic rings. The molecule has 0 saturated carbocycles. The normalized spacial score (nSPS) is 11.2. The molecule has 0 aliphatic heterocycles. The number of unbranched alkanes of at least 4 members (excludes halogenated alkanes) is 1. The fourth-order valence-corrected chi connectivity index (χ4v) is 1.21. The van der Waals surface area contributed by atoms with E-state index in [0.717, 1.165) is 19.3 Å². The highest BCUT2D eigenvalue weighted by molar-refractivity contribution is 5.67. The van der Waals surface area contributed by atoms with Gasteiger partial charge in [-0.3, -0.25) is 0 Å². The van der Waals surface area contributed by atoms with Crippen molar-refractivity contribution < 1.29 is 14.3 Å². The van der Waals surface area contributed by atoms with Crippen molar-refractivity contribution in [3.63, 3.8) is 0 Å². The second-order valence-electron chi connectivity index (χ2n) is 3.64. The molecule has 4 nitrogen and oxygen atoms in total. The van der Waals surface area contributed by atoms with Crippen LogP contribution in [0.15, 0.2) is 24.3 Å². The van der Waals surface area contributed by atoms with Crippen LogP contribution >= 0.6 is 0 Å². The van der Waals surface area contributed by atoms with Gasteiger partial charge in [-0.2, -0.15) is 0 Å². The second kappa shape index (κ2) is 13.8. The van der Waals surface area contributed by atoms with Gasteiger partial charge in [0.15, 0.2) is 0 Å². The number of hydrogen-bond acceptors (Lipinski definition) is 3. The van der Waals surface area contributed by atoms with E-state index < -0.39 is 6.09 Å². The SMILES string of the molecule is CCC=CCCC=CCNC(=O)OCCOCC. The van der Waals surface area contributed by atoms with Crippen LogP contribution in [-0.2, 0) is 9.47 Å². The summed E-state index contributed by atoms with van der Waals surface area (Å²) < 4.78 is 9.93. The van der Waals surface area contributed by atoms with E-state index in [1.165, 1.54) is 0 Å². The highest BCUT2D eigenvalue weighted by atomic mass is 16.6. The Balaban J connectivity index is 3.33. The van der Waals surface area contributed by atoms with E-state index in [1.54, 1.807) is 0 Å². The topological polar surface area (TPSA) is 47.6 Å². The summed E-state index contributed by atoms with van der Waals surface area (Å²) >= 11 is 0. The van der Waals surface area contributed by atoms with E-state index in [0.29, 0.717) is 26.4 Å².